The van der Waals surface area contributed by atoms with Gasteiger partial charge in [0.2, 0.25) is 5.91 Å². The van der Waals surface area contributed by atoms with Crippen LogP contribution in [-0.2, 0) is 36.2 Å². The van der Waals surface area contributed by atoms with Crippen molar-refractivity contribution in [3.63, 3.8) is 0 Å². The summed E-state index contributed by atoms with van der Waals surface area (Å²) in [5, 5.41) is 30.6. The van der Waals surface area contributed by atoms with E-state index in [0.717, 1.165) is 16.2 Å². The highest BCUT2D eigenvalue weighted by Crippen LogP contribution is 2.70. The zero-order chi connectivity index (χ0) is 49.3. The molecule has 0 saturated heterocycles. The Labute approximate surface area is 398 Å². The minimum absolute atomic E-state index is 0.0140. The monoisotopic (exact) mass is 979 g/mol. The maximum absolute atomic E-state index is 15.1. The first kappa shape index (κ1) is 49.4. The molecule has 18 heteroatoms. The number of halogens is 6. The van der Waals surface area contributed by atoms with Gasteiger partial charge in [-0.2, -0.15) is 26.3 Å². The average Bonchev–Trinajstić information content (AvgIpc) is 3.33. The van der Waals surface area contributed by atoms with E-state index in [1.165, 1.54) is 24.3 Å². The average molecular weight is 980 g/mol. The van der Waals surface area contributed by atoms with Crippen LogP contribution in [0.5, 0.6) is 0 Å². The van der Waals surface area contributed by atoms with Gasteiger partial charge in [0, 0.05) is 30.0 Å². The third-order valence-electron chi connectivity index (χ3n) is 11.3. The molecule has 0 aliphatic carbocycles. The number of anilines is 1. The van der Waals surface area contributed by atoms with Crippen LogP contribution in [-0.4, -0.2) is 33.1 Å². The molecule has 2 atom stereocenters. The van der Waals surface area contributed by atoms with E-state index in [1.54, 1.807) is 54.6 Å². The van der Waals surface area contributed by atoms with Crippen molar-refractivity contribution < 1.29 is 41.0 Å². The van der Waals surface area contributed by atoms with Crippen LogP contribution in [0.1, 0.15) is 45.1 Å². The van der Waals surface area contributed by atoms with Gasteiger partial charge in [0.05, 0.1) is 40.4 Å². The van der Waals surface area contributed by atoms with E-state index in [1.807, 2.05) is 91.0 Å². The smallest absolute Gasteiger partial charge is 0.416 e. The normalized spacial score (nSPS) is 13.1. The number of hydrogen-bond acceptors (Lipinski definition) is 7. The van der Waals surface area contributed by atoms with Crippen molar-refractivity contribution >= 4 is 58.6 Å². The van der Waals surface area contributed by atoms with Gasteiger partial charge in [-0.25, -0.2) is 0 Å². The molecule has 0 heterocycles. The number of rotatable bonds is 16. The predicted molar refractivity (Wildman–Crippen MR) is 258 cm³/mol. The molecule has 0 aliphatic rings. The molecule has 0 spiro atoms. The molecule has 7 aromatic rings. The molecule has 1 amide bonds. The highest BCUT2D eigenvalue weighted by Gasteiger charge is 2.53. The first-order chi connectivity index (χ1) is 32.9. The van der Waals surface area contributed by atoms with Crippen LogP contribution in [0.3, 0.4) is 0 Å². The minimum Gasteiger partial charge on any atom is -0.743 e. The zero-order valence-electron chi connectivity index (χ0n) is 36.1. The number of nitro benzene ring substituents is 2. The van der Waals surface area contributed by atoms with Crippen LogP contribution in [0.25, 0.3) is 0 Å². The molecular formula is C51H40F6N5O5PS. The lowest BCUT2D eigenvalue weighted by atomic mass is 10.0. The van der Waals surface area contributed by atoms with E-state index in [4.69, 9.17) is 12.6 Å². The standard InChI is InChI=1S/C51H40F6N5O5PS/c52-50(53,54)38-30-39(51(55,56)57)32-40(31-38)59-49(69)60-46(35-15-7-2-8-16-35)48(63)58-41(29-34-13-5-1-6-14-34)33-68(44-17-9-3-10-18-44,45-19-11-4-12-20-45)47(36-21-25-42(26-22-36)61(64)65)37-23-27-43(28-24-37)62(66)67/h1-28,30-32,41,46-47H,29,33H2,(H2-,58,59,60,63,69)/t41-,46-/m0/s1. The van der Waals surface area contributed by atoms with E-state index in [-0.39, 0.29) is 30.0 Å². The van der Waals surface area contributed by atoms with E-state index < -0.39 is 75.1 Å². The van der Waals surface area contributed by atoms with Crippen LogP contribution in [0.4, 0.5) is 43.4 Å². The van der Waals surface area contributed by atoms with Crippen molar-refractivity contribution in [3.05, 3.63) is 242 Å². The minimum atomic E-state index is -5.13. The number of carbonyl (C=O) groups excluding carboxylic acids is 1. The van der Waals surface area contributed by atoms with Gasteiger partial charge in [-0.3, -0.25) is 30.0 Å². The summed E-state index contributed by atoms with van der Waals surface area (Å²) >= 11 is 5.43. The summed E-state index contributed by atoms with van der Waals surface area (Å²) in [5.41, 5.74) is -2.33. The second kappa shape index (κ2) is 21.2. The molecular weight excluding hydrogens is 940 g/mol. The second-order valence-electron chi connectivity index (χ2n) is 15.9. The highest BCUT2D eigenvalue weighted by atomic mass is 32.1. The summed E-state index contributed by atoms with van der Waals surface area (Å²) < 4.78 is 82.8. The Morgan fingerprint density at radius 3 is 1.43 bits per heavy atom. The third kappa shape index (κ3) is 12.0. The SMILES string of the molecule is O=C(N[C@@H](Cc1ccccc1)C[P+](c1ccccc1)(c1ccccc1)C(c1ccc([N+](=O)[O-])cc1)c1ccc([N+](=O)[O-])cc1)[C@@H](N=C([S-])Nc1cc(C(F)(F)F)cc(C(F)(F)F)c1)c1ccccc1. The highest BCUT2D eigenvalue weighted by molar-refractivity contribution is 7.90. The lowest BCUT2D eigenvalue weighted by molar-refractivity contribution is -0.385. The molecule has 0 aliphatic heterocycles. The van der Waals surface area contributed by atoms with Gasteiger partial charge in [0.15, 0.2) is 6.04 Å². The fraction of sp³-hybridized carbons (Fsp3) is 0.137. The summed E-state index contributed by atoms with van der Waals surface area (Å²) in [6.45, 7) is 0. The van der Waals surface area contributed by atoms with Gasteiger partial charge in [0.25, 0.3) is 11.4 Å². The maximum Gasteiger partial charge on any atom is 0.416 e. The van der Waals surface area contributed by atoms with Crippen LogP contribution >= 0.6 is 7.26 Å². The van der Waals surface area contributed by atoms with Crippen LogP contribution in [0, 0.1) is 20.2 Å². The summed E-state index contributed by atoms with van der Waals surface area (Å²) in [6, 6.07) is 47.4. The molecule has 0 fully saturated rings. The van der Waals surface area contributed by atoms with Gasteiger partial charge in [-0.1, -0.05) is 97.1 Å². The molecule has 0 aromatic heterocycles. The topological polar surface area (TPSA) is 140 Å². The van der Waals surface area contributed by atoms with Gasteiger partial charge in [-0.05, 0) is 101 Å². The Kier molecular flexibility index (Phi) is 15.2. The molecule has 352 valence electrons. The van der Waals surface area contributed by atoms with E-state index >= 15 is 4.79 Å². The molecule has 0 bridgehead atoms. The molecule has 10 nitrogen and oxygen atoms in total. The fourth-order valence-corrected chi connectivity index (χ4v) is 13.8. The number of hydrogen-bond donors (Lipinski definition) is 2. The van der Waals surface area contributed by atoms with Gasteiger partial charge in [-0.15, -0.1) is 0 Å². The van der Waals surface area contributed by atoms with E-state index in [9.17, 15) is 46.6 Å². The Balaban J connectivity index is 1.40. The van der Waals surface area contributed by atoms with Crippen molar-refractivity contribution in [2.75, 3.05) is 11.5 Å². The number of amidine groups is 1. The number of amides is 1. The lowest BCUT2D eigenvalue weighted by Crippen LogP contribution is -2.45. The summed E-state index contributed by atoms with van der Waals surface area (Å²) in [5.74, 6) is -0.701. The van der Waals surface area contributed by atoms with Crippen LogP contribution in [0.15, 0.2) is 193 Å². The quantitative estimate of drug-likeness (QED) is 0.0187. The first-order valence-corrected chi connectivity index (χ1v) is 23.6. The third-order valence-corrected chi connectivity index (χ3v) is 16.5. The Morgan fingerprint density at radius 1 is 0.594 bits per heavy atom. The van der Waals surface area contributed by atoms with Gasteiger partial charge in [0.1, 0.15) is 16.3 Å². The largest absolute Gasteiger partial charge is 0.743 e. The molecule has 7 aromatic carbocycles. The van der Waals surface area contributed by atoms with Crippen molar-refractivity contribution in [2.45, 2.75) is 36.5 Å². The number of benzene rings is 7. The van der Waals surface area contributed by atoms with Crippen molar-refractivity contribution in [1.82, 2.24) is 5.32 Å². The van der Waals surface area contributed by atoms with E-state index in [2.05, 4.69) is 15.6 Å². The molecule has 0 radical (unpaired) electrons. The van der Waals surface area contributed by atoms with Crippen LogP contribution in [0.2, 0.25) is 0 Å². The second-order valence-corrected chi connectivity index (χ2v) is 19.9. The molecule has 2 N–H and O–H groups in total. The molecule has 69 heavy (non-hydrogen) atoms. The number of nitrogens with one attached hydrogen (secondary N) is 2. The molecule has 0 unspecified atom stereocenters. The Bertz CT molecular complexity index is 2790. The Hall–Kier alpha value is -7.49. The zero-order valence-corrected chi connectivity index (χ0v) is 37.8. The van der Waals surface area contributed by atoms with E-state index in [0.29, 0.717) is 28.8 Å². The lowest BCUT2D eigenvalue weighted by Gasteiger charge is -2.38. The van der Waals surface area contributed by atoms with Crippen LogP contribution < -0.4 is 21.2 Å². The predicted octanol–water partition coefficient (Wildman–Crippen LogP) is 11.8. The van der Waals surface area contributed by atoms with Crippen molar-refractivity contribution in [2.24, 2.45) is 4.99 Å². The van der Waals surface area contributed by atoms with Crippen molar-refractivity contribution in [3.8, 4) is 0 Å². The summed E-state index contributed by atoms with van der Waals surface area (Å²) in [6.07, 6.45) is -9.83. The maximum atomic E-state index is 15.1. The van der Waals surface area contributed by atoms with Gasteiger partial charge < -0.3 is 23.3 Å². The summed E-state index contributed by atoms with van der Waals surface area (Å²) in [7, 11) is -3.10. The number of nitrogens with zero attached hydrogens (tertiary/aromatic N) is 3. The van der Waals surface area contributed by atoms with Gasteiger partial charge >= 0.3 is 12.4 Å². The molecule has 0 saturated carbocycles. The summed E-state index contributed by atoms with van der Waals surface area (Å²) in [4.78, 5) is 42.3. The first-order valence-electron chi connectivity index (χ1n) is 21.1. The number of non-ortho nitro benzene ring substituents is 2. The number of alkyl halides is 6. The number of aliphatic imine (C=N–C) groups is 1. The Morgan fingerprint density at radius 2 is 1.01 bits per heavy atom. The fourth-order valence-electron chi connectivity index (χ4n) is 8.32. The molecule has 7 rings (SSSR count). The number of carbonyl (C=O) groups is 1. The number of nitro groups is 2. The van der Waals surface area contributed by atoms with Crippen molar-refractivity contribution in [1.29, 1.82) is 0 Å².